The summed E-state index contributed by atoms with van der Waals surface area (Å²) in [7, 11) is -3.14. The molecule has 0 unspecified atom stereocenters. The van der Waals surface area contributed by atoms with Crippen molar-refractivity contribution in [1.82, 2.24) is 10.2 Å². The Morgan fingerprint density at radius 2 is 2.00 bits per heavy atom. The minimum absolute atomic E-state index is 0.00873. The number of benzene rings is 1. The summed E-state index contributed by atoms with van der Waals surface area (Å²) in [6, 6.07) is 5.30. The molecule has 2 atom stereocenters. The number of carbonyl (C=O) groups excluding carboxylic acids is 2. The normalized spacial score (nSPS) is 24.1. The van der Waals surface area contributed by atoms with Gasteiger partial charge in [-0.3, -0.25) is 4.79 Å². The zero-order valence-electron chi connectivity index (χ0n) is 18.7. The minimum Gasteiger partial charge on any atom is -0.454 e. The third kappa shape index (κ3) is 5.91. The quantitative estimate of drug-likeness (QED) is 0.650. The highest BCUT2D eigenvalue weighted by molar-refractivity contribution is 8.15. The first kappa shape index (κ1) is 23.7. The number of nitrogens with zero attached hydrogens (tertiary/aromatic N) is 2. The number of amidine groups is 1. The second-order valence-corrected chi connectivity index (χ2v) is 12.4. The van der Waals surface area contributed by atoms with E-state index < -0.39 is 27.4 Å². The van der Waals surface area contributed by atoms with Crippen molar-refractivity contribution in [3.05, 3.63) is 23.8 Å². The molecule has 3 heterocycles. The number of aliphatic imine (C=N–C) groups is 1. The highest BCUT2D eigenvalue weighted by Crippen LogP contribution is 2.40. The van der Waals surface area contributed by atoms with Crippen LogP contribution in [0.25, 0.3) is 0 Å². The van der Waals surface area contributed by atoms with Gasteiger partial charge in [0, 0.05) is 24.8 Å². The van der Waals surface area contributed by atoms with Crippen LogP contribution in [0.15, 0.2) is 23.2 Å². The summed E-state index contributed by atoms with van der Waals surface area (Å²) in [5.74, 6) is 0.998. The third-order valence-corrected chi connectivity index (χ3v) is 8.44. The Bertz CT molecular complexity index is 1080. The van der Waals surface area contributed by atoms with Crippen LogP contribution in [-0.4, -0.2) is 72.2 Å². The lowest BCUT2D eigenvalue weighted by atomic mass is 10.1. The van der Waals surface area contributed by atoms with Gasteiger partial charge in [0.15, 0.2) is 26.5 Å². The smallest absolute Gasteiger partial charge is 0.407 e. The van der Waals surface area contributed by atoms with Crippen LogP contribution < -0.4 is 14.8 Å². The second-order valence-electron chi connectivity index (χ2n) is 9.08. The zero-order chi connectivity index (χ0) is 23.8. The van der Waals surface area contributed by atoms with Crippen LogP contribution in [0.3, 0.4) is 0 Å². The number of rotatable bonds is 5. The van der Waals surface area contributed by atoms with Crippen molar-refractivity contribution >= 4 is 38.8 Å². The highest BCUT2D eigenvalue weighted by Gasteiger charge is 2.48. The summed E-state index contributed by atoms with van der Waals surface area (Å²) >= 11 is 1.32. The first-order chi connectivity index (χ1) is 15.5. The van der Waals surface area contributed by atoms with E-state index in [0.717, 1.165) is 5.56 Å². The lowest BCUT2D eigenvalue weighted by molar-refractivity contribution is -0.117. The van der Waals surface area contributed by atoms with Gasteiger partial charge in [0.2, 0.25) is 12.7 Å². The molecule has 0 aliphatic carbocycles. The summed E-state index contributed by atoms with van der Waals surface area (Å²) < 4.78 is 40.3. The summed E-state index contributed by atoms with van der Waals surface area (Å²) in [5, 5.41) is 2.87. The summed E-state index contributed by atoms with van der Waals surface area (Å²) in [5.41, 5.74) is 0.277. The number of amides is 2. The van der Waals surface area contributed by atoms with Crippen LogP contribution in [-0.2, 0) is 25.9 Å². The maximum Gasteiger partial charge on any atom is 0.407 e. The van der Waals surface area contributed by atoms with Gasteiger partial charge in [0.1, 0.15) is 5.60 Å². The third-order valence-electron chi connectivity index (χ3n) is 5.19. The molecular formula is C21H27N3O7S2. The van der Waals surface area contributed by atoms with Gasteiger partial charge < -0.3 is 24.4 Å². The van der Waals surface area contributed by atoms with E-state index in [2.05, 4.69) is 10.3 Å². The fraction of sp³-hybridized carbons (Fsp3) is 0.571. The number of alkyl carbamates (subject to hydrolysis) is 1. The molecule has 2 saturated heterocycles. The molecule has 0 saturated carbocycles. The Hall–Kier alpha value is -2.47. The second kappa shape index (κ2) is 9.05. The summed E-state index contributed by atoms with van der Waals surface area (Å²) in [4.78, 5) is 30.4. The SMILES string of the molecule is CC(C)(C)OC(=O)NCCC(=O)N=C1S[C@H]2CS(=O)(=O)C[C@H]2N1Cc1ccc2c(c1)OCO2. The maximum absolute atomic E-state index is 12.5. The number of hydrogen-bond acceptors (Lipinski definition) is 8. The molecule has 1 N–H and O–H groups in total. The van der Waals surface area contributed by atoms with Crippen molar-refractivity contribution in [2.75, 3.05) is 24.8 Å². The van der Waals surface area contributed by atoms with Crippen molar-refractivity contribution < 1.29 is 32.2 Å². The molecule has 3 aliphatic heterocycles. The van der Waals surface area contributed by atoms with Gasteiger partial charge in [-0.1, -0.05) is 17.8 Å². The maximum atomic E-state index is 12.5. The number of hydrogen-bond donors (Lipinski definition) is 1. The molecule has 12 heteroatoms. The lowest BCUT2D eigenvalue weighted by Gasteiger charge is -2.24. The Balaban J connectivity index is 1.43. The van der Waals surface area contributed by atoms with Crippen molar-refractivity contribution in [3.63, 3.8) is 0 Å². The molecule has 1 aromatic rings. The largest absolute Gasteiger partial charge is 0.454 e. The van der Waals surface area contributed by atoms with E-state index in [1.807, 2.05) is 23.1 Å². The van der Waals surface area contributed by atoms with Gasteiger partial charge in [-0.25, -0.2) is 13.2 Å². The van der Waals surface area contributed by atoms with Crippen LogP contribution in [0.5, 0.6) is 11.5 Å². The summed E-state index contributed by atoms with van der Waals surface area (Å²) in [6.07, 6.45) is -0.586. The Labute approximate surface area is 197 Å². The van der Waals surface area contributed by atoms with E-state index in [0.29, 0.717) is 23.2 Å². The molecule has 2 fully saturated rings. The van der Waals surface area contributed by atoms with E-state index in [1.54, 1.807) is 20.8 Å². The Kier molecular flexibility index (Phi) is 6.50. The van der Waals surface area contributed by atoms with E-state index >= 15 is 0 Å². The number of carbonyl (C=O) groups is 2. The van der Waals surface area contributed by atoms with Crippen LogP contribution in [0.4, 0.5) is 4.79 Å². The minimum atomic E-state index is -3.14. The highest BCUT2D eigenvalue weighted by atomic mass is 32.2. The van der Waals surface area contributed by atoms with E-state index in [1.165, 1.54) is 11.8 Å². The molecule has 1 aromatic carbocycles. The first-order valence-electron chi connectivity index (χ1n) is 10.6. The van der Waals surface area contributed by atoms with E-state index in [4.69, 9.17) is 14.2 Å². The van der Waals surface area contributed by atoms with E-state index in [-0.39, 0.29) is 42.6 Å². The van der Waals surface area contributed by atoms with Gasteiger partial charge in [0.05, 0.1) is 17.5 Å². The predicted molar refractivity (Wildman–Crippen MR) is 123 cm³/mol. The molecule has 0 bridgehead atoms. The number of fused-ring (bicyclic) bond motifs is 2. The van der Waals surface area contributed by atoms with Crippen molar-refractivity contribution in [1.29, 1.82) is 0 Å². The molecule has 10 nitrogen and oxygen atoms in total. The van der Waals surface area contributed by atoms with Gasteiger partial charge >= 0.3 is 6.09 Å². The lowest BCUT2D eigenvalue weighted by Crippen LogP contribution is -2.37. The average molecular weight is 498 g/mol. The van der Waals surface area contributed by atoms with Gasteiger partial charge in [0.25, 0.3) is 0 Å². The number of ether oxygens (including phenoxy) is 3. The molecule has 2 amide bonds. The monoisotopic (exact) mass is 497 g/mol. The number of sulfone groups is 1. The van der Waals surface area contributed by atoms with Crippen molar-refractivity contribution in [2.45, 2.75) is 50.6 Å². The van der Waals surface area contributed by atoms with Crippen LogP contribution >= 0.6 is 11.8 Å². The predicted octanol–water partition coefficient (Wildman–Crippen LogP) is 1.93. The Morgan fingerprint density at radius 3 is 2.76 bits per heavy atom. The fourth-order valence-electron chi connectivity index (χ4n) is 3.80. The van der Waals surface area contributed by atoms with Gasteiger partial charge in [-0.2, -0.15) is 4.99 Å². The molecule has 33 heavy (non-hydrogen) atoms. The molecule has 0 radical (unpaired) electrons. The van der Waals surface area contributed by atoms with Gasteiger partial charge in [-0.05, 0) is 38.5 Å². The van der Waals surface area contributed by atoms with Crippen LogP contribution in [0.1, 0.15) is 32.8 Å². The zero-order valence-corrected chi connectivity index (χ0v) is 20.3. The molecule has 180 valence electrons. The van der Waals surface area contributed by atoms with Crippen molar-refractivity contribution in [2.24, 2.45) is 4.99 Å². The van der Waals surface area contributed by atoms with E-state index in [9.17, 15) is 18.0 Å². The van der Waals surface area contributed by atoms with Crippen molar-refractivity contribution in [3.8, 4) is 11.5 Å². The number of thioether (sulfide) groups is 1. The molecular weight excluding hydrogens is 470 g/mol. The average Bonchev–Trinajstić information content (AvgIpc) is 3.34. The van der Waals surface area contributed by atoms with Gasteiger partial charge in [-0.15, -0.1) is 0 Å². The standard InChI is InChI=1S/C21H27N3O7S2/c1-21(2,3)31-20(26)22-7-6-18(25)23-19-24(14-10-33(27,28)11-17(14)32-19)9-13-4-5-15-16(8-13)30-12-29-15/h4-5,8,14,17H,6-7,9-12H2,1-3H3,(H,22,26)/t14-,17+/m1/s1. The summed E-state index contributed by atoms with van der Waals surface area (Å²) in [6.45, 7) is 5.92. The first-order valence-corrected chi connectivity index (χ1v) is 13.3. The molecule has 0 aromatic heterocycles. The van der Waals surface area contributed by atoms with Crippen LogP contribution in [0.2, 0.25) is 0 Å². The Morgan fingerprint density at radius 1 is 1.24 bits per heavy atom. The molecule has 4 rings (SSSR count). The topological polar surface area (TPSA) is 124 Å². The van der Waals surface area contributed by atoms with Crippen LogP contribution in [0, 0.1) is 0 Å². The molecule has 3 aliphatic rings. The molecule has 0 spiro atoms. The number of nitrogens with one attached hydrogen (secondary N) is 1. The fourth-order valence-corrected chi connectivity index (χ4v) is 7.77.